The average molecular weight is 292 g/mol. The van der Waals surface area contributed by atoms with Gasteiger partial charge in [0, 0.05) is 18.3 Å². The molecule has 21 heavy (non-hydrogen) atoms. The molecule has 0 aliphatic heterocycles. The number of nitrogens with zero attached hydrogens (tertiary/aromatic N) is 1. The van der Waals surface area contributed by atoms with E-state index in [1.807, 2.05) is 13.8 Å². The lowest BCUT2D eigenvalue weighted by atomic mass is 10.2. The van der Waals surface area contributed by atoms with Gasteiger partial charge in [0.05, 0.1) is 5.56 Å². The molecular formula is C16H24N2O3. The van der Waals surface area contributed by atoms with Crippen LogP contribution in [0.15, 0.2) is 24.3 Å². The Labute approximate surface area is 126 Å². The molecule has 116 valence electrons. The molecular weight excluding hydrogens is 268 g/mol. The number of rotatable bonds is 7. The van der Waals surface area contributed by atoms with E-state index in [1.165, 1.54) is 12.1 Å². The molecule has 0 spiro atoms. The van der Waals surface area contributed by atoms with Crippen LogP contribution in [0.2, 0.25) is 0 Å². The number of carbonyl (C=O) groups excluding carboxylic acids is 1. The second kappa shape index (κ2) is 8.29. The number of carboxylic acids is 1. The molecule has 0 aliphatic carbocycles. The minimum absolute atomic E-state index is 0.125. The molecule has 0 heterocycles. The number of benzene rings is 1. The molecule has 2 N–H and O–H groups in total. The molecule has 0 saturated heterocycles. The van der Waals surface area contributed by atoms with Gasteiger partial charge in [0.15, 0.2) is 0 Å². The van der Waals surface area contributed by atoms with Gasteiger partial charge >= 0.3 is 12.0 Å². The van der Waals surface area contributed by atoms with E-state index in [-0.39, 0.29) is 17.6 Å². The maximum absolute atomic E-state index is 12.3. The largest absolute Gasteiger partial charge is 0.478 e. The van der Waals surface area contributed by atoms with E-state index in [9.17, 15) is 9.59 Å². The zero-order valence-corrected chi connectivity index (χ0v) is 12.9. The topological polar surface area (TPSA) is 69.6 Å². The summed E-state index contributed by atoms with van der Waals surface area (Å²) in [5.41, 5.74) is 0.808. The Kier molecular flexibility index (Phi) is 6.72. The van der Waals surface area contributed by atoms with Crippen LogP contribution in [0.3, 0.4) is 0 Å². The molecule has 0 saturated carbocycles. The molecule has 0 radical (unpaired) electrons. The predicted octanol–water partition coefficient (Wildman–Crippen LogP) is 3.82. The smallest absolute Gasteiger partial charge is 0.335 e. The molecule has 2 amide bonds. The Hall–Kier alpha value is -2.04. The quantitative estimate of drug-likeness (QED) is 0.751. The Morgan fingerprint density at radius 1 is 1.19 bits per heavy atom. The summed E-state index contributed by atoms with van der Waals surface area (Å²) in [4.78, 5) is 24.8. The van der Waals surface area contributed by atoms with Gasteiger partial charge in [0.1, 0.15) is 0 Å². The molecule has 0 fully saturated rings. The van der Waals surface area contributed by atoms with E-state index in [2.05, 4.69) is 12.2 Å². The highest BCUT2D eigenvalue weighted by Gasteiger charge is 2.16. The van der Waals surface area contributed by atoms with Gasteiger partial charge < -0.3 is 15.3 Å². The Bertz CT molecular complexity index is 469. The van der Waals surface area contributed by atoms with Gasteiger partial charge in [-0.1, -0.05) is 19.8 Å². The number of nitrogens with one attached hydrogen (secondary N) is 1. The number of carboxylic acid groups (broad SMARTS) is 1. The lowest BCUT2D eigenvalue weighted by Gasteiger charge is -2.27. The number of amides is 2. The molecule has 0 bridgehead atoms. The van der Waals surface area contributed by atoms with Crippen molar-refractivity contribution in [1.82, 2.24) is 4.90 Å². The number of hydrogen-bond donors (Lipinski definition) is 2. The van der Waals surface area contributed by atoms with Crippen molar-refractivity contribution < 1.29 is 14.7 Å². The Morgan fingerprint density at radius 3 is 2.29 bits per heavy atom. The van der Waals surface area contributed by atoms with Crippen molar-refractivity contribution in [3.8, 4) is 0 Å². The third-order valence-electron chi connectivity index (χ3n) is 3.27. The van der Waals surface area contributed by atoms with Crippen LogP contribution >= 0.6 is 0 Å². The van der Waals surface area contributed by atoms with Crippen LogP contribution in [0.4, 0.5) is 10.5 Å². The first-order chi connectivity index (χ1) is 9.95. The third kappa shape index (κ3) is 5.45. The summed E-state index contributed by atoms with van der Waals surface area (Å²) in [5, 5.41) is 11.7. The van der Waals surface area contributed by atoms with Crippen molar-refractivity contribution in [3.63, 3.8) is 0 Å². The second-order valence-electron chi connectivity index (χ2n) is 5.31. The monoisotopic (exact) mass is 292 g/mol. The summed E-state index contributed by atoms with van der Waals surface area (Å²) in [6, 6.07) is 6.14. The number of carbonyl (C=O) groups is 2. The van der Waals surface area contributed by atoms with E-state index in [0.717, 1.165) is 25.8 Å². The lowest BCUT2D eigenvalue weighted by Crippen LogP contribution is -2.40. The van der Waals surface area contributed by atoms with E-state index >= 15 is 0 Å². The van der Waals surface area contributed by atoms with E-state index < -0.39 is 5.97 Å². The molecule has 0 atom stereocenters. The van der Waals surface area contributed by atoms with Gasteiger partial charge in [-0.2, -0.15) is 0 Å². The van der Waals surface area contributed by atoms with Gasteiger partial charge in [-0.05, 0) is 44.5 Å². The van der Waals surface area contributed by atoms with Gasteiger partial charge in [0.25, 0.3) is 0 Å². The number of urea groups is 1. The molecule has 1 aromatic rings. The van der Waals surface area contributed by atoms with Crippen LogP contribution in [0.25, 0.3) is 0 Å². The first-order valence-electron chi connectivity index (χ1n) is 7.36. The minimum atomic E-state index is -0.976. The van der Waals surface area contributed by atoms with Gasteiger partial charge in [-0.25, -0.2) is 9.59 Å². The standard InChI is InChI=1S/C16H24N2O3/c1-4-5-6-11-18(12(2)3)16(21)17-14-9-7-13(8-10-14)15(19)20/h7-10,12H,4-6,11H2,1-3H3,(H,17,21)(H,19,20). The summed E-state index contributed by atoms with van der Waals surface area (Å²) >= 11 is 0. The van der Waals surface area contributed by atoms with Crippen LogP contribution in [-0.4, -0.2) is 34.6 Å². The maximum atomic E-state index is 12.3. The van der Waals surface area contributed by atoms with Crippen molar-refractivity contribution in [2.45, 2.75) is 46.1 Å². The third-order valence-corrected chi connectivity index (χ3v) is 3.27. The first-order valence-corrected chi connectivity index (χ1v) is 7.36. The summed E-state index contributed by atoms with van der Waals surface area (Å²) in [6.07, 6.45) is 3.20. The molecule has 0 unspecified atom stereocenters. The fraction of sp³-hybridized carbons (Fsp3) is 0.500. The normalized spacial score (nSPS) is 10.5. The van der Waals surface area contributed by atoms with Crippen molar-refractivity contribution in [3.05, 3.63) is 29.8 Å². The van der Waals surface area contributed by atoms with Crippen molar-refractivity contribution >= 4 is 17.7 Å². The van der Waals surface area contributed by atoms with E-state index in [1.54, 1.807) is 17.0 Å². The van der Waals surface area contributed by atoms with Gasteiger partial charge in [-0.15, -0.1) is 0 Å². The molecule has 5 nitrogen and oxygen atoms in total. The second-order valence-corrected chi connectivity index (χ2v) is 5.31. The summed E-state index contributed by atoms with van der Waals surface area (Å²) in [7, 11) is 0. The number of hydrogen-bond acceptors (Lipinski definition) is 2. The molecule has 0 aromatic heterocycles. The lowest BCUT2D eigenvalue weighted by molar-refractivity contribution is 0.0697. The predicted molar refractivity (Wildman–Crippen MR) is 83.8 cm³/mol. The van der Waals surface area contributed by atoms with Crippen molar-refractivity contribution in [2.24, 2.45) is 0 Å². The molecule has 0 aliphatic rings. The highest BCUT2D eigenvalue weighted by atomic mass is 16.4. The number of anilines is 1. The van der Waals surface area contributed by atoms with Crippen LogP contribution in [0.1, 0.15) is 50.4 Å². The van der Waals surface area contributed by atoms with Crippen LogP contribution < -0.4 is 5.32 Å². The SMILES string of the molecule is CCCCCN(C(=O)Nc1ccc(C(=O)O)cc1)C(C)C. The summed E-state index contributed by atoms with van der Waals surface area (Å²) in [6.45, 7) is 6.83. The van der Waals surface area contributed by atoms with Crippen LogP contribution in [0, 0.1) is 0 Å². The highest BCUT2D eigenvalue weighted by Crippen LogP contribution is 2.12. The molecule has 1 rings (SSSR count). The first kappa shape index (κ1) is 17.0. The fourth-order valence-electron chi connectivity index (χ4n) is 2.02. The van der Waals surface area contributed by atoms with Crippen molar-refractivity contribution in [1.29, 1.82) is 0 Å². The summed E-state index contributed by atoms with van der Waals surface area (Å²) < 4.78 is 0. The van der Waals surface area contributed by atoms with Crippen molar-refractivity contribution in [2.75, 3.05) is 11.9 Å². The zero-order chi connectivity index (χ0) is 15.8. The number of aromatic carboxylic acids is 1. The molecule has 5 heteroatoms. The zero-order valence-electron chi connectivity index (χ0n) is 12.9. The minimum Gasteiger partial charge on any atom is -0.478 e. The Morgan fingerprint density at radius 2 is 1.81 bits per heavy atom. The van der Waals surface area contributed by atoms with E-state index in [0.29, 0.717) is 5.69 Å². The van der Waals surface area contributed by atoms with Gasteiger partial charge in [-0.3, -0.25) is 0 Å². The number of unbranched alkanes of at least 4 members (excludes halogenated alkanes) is 2. The average Bonchev–Trinajstić information content (AvgIpc) is 2.43. The maximum Gasteiger partial charge on any atom is 0.335 e. The highest BCUT2D eigenvalue weighted by molar-refractivity contribution is 5.91. The fourth-order valence-corrected chi connectivity index (χ4v) is 2.02. The van der Waals surface area contributed by atoms with Crippen LogP contribution in [-0.2, 0) is 0 Å². The summed E-state index contributed by atoms with van der Waals surface area (Å²) in [5.74, 6) is -0.976. The molecule has 1 aromatic carbocycles. The Balaban J connectivity index is 2.65. The van der Waals surface area contributed by atoms with Crippen LogP contribution in [0.5, 0.6) is 0 Å². The van der Waals surface area contributed by atoms with Gasteiger partial charge in [0.2, 0.25) is 0 Å². The van der Waals surface area contributed by atoms with E-state index in [4.69, 9.17) is 5.11 Å².